The van der Waals surface area contributed by atoms with Crippen LogP contribution in [-0.4, -0.2) is 41.6 Å². The summed E-state index contributed by atoms with van der Waals surface area (Å²) in [6.07, 6.45) is -4.16. The number of nitrogens with zero attached hydrogens (tertiary/aromatic N) is 3. The van der Waals surface area contributed by atoms with Gasteiger partial charge in [-0.2, -0.15) is 13.2 Å². The van der Waals surface area contributed by atoms with Crippen molar-refractivity contribution >= 4 is 0 Å². The van der Waals surface area contributed by atoms with Crippen LogP contribution in [0.3, 0.4) is 0 Å². The van der Waals surface area contributed by atoms with Crippen LogP contribution in [0, 0.1) is 0 Å². The standard InChI is InChI=1S/C19H25F3N4O/c1-4-15(23-10-11-25(2)3)18-24-16(19(20,21)22)12-17(27)26(18)13-14-8-6-5-7-9-14/h5-9,12,15,23H,4,10-11,13H2,1-3H3. The average molecular weight is 382 g/mol. The summed E-state index contributed by atoms with van der Waals surface area (Å²) in [6, 6.07) is 9.26. The van der Waals surface area contributed by atoms with Crippen LogP contribution >= 0.6 is 0 Å². The van der Waals surface area contributed by atoms with Crippen LogP contribution in [0.2, 0.25) is 0 Å². The average Bonchev–Trinajstić information content (AvgIpc) is 2.60. The van der Waals surface area contributed by atoms with Crippen molar-refractivity contribution in [2.24, 2.45) is 0 Å². The molecule has 1 aromatic carbocycles. The highest BCUT2D eigenvalue weighted by Crippen LogP contribution is 2.28. The van der Waals surface area contributed by atoms with Crippen LogP contribution < -0.4 is 10.9 Å². The molecule has 148 valence electrons. The Morgan fingerprint density at radius 3 is 2.44 bits per heavy atom. The molecule has 0 saturated heterocycles. The zero-order valence-electron chi connectivity index (χ0n) is 15.8. The van der Waals surface area contributed by atoms with E-state index in [0.717, 1.165) is 12.1 Å². The van der Waals surface area contributed by atoms with Gasteiger partial charge in [0, 0.05) is 19.2 Å². The zero-order chi connectivity index (χ0) is 20.0. The lowest BCUT2D eigenvalue weighted by molar-refractivity contribution is -0.141. The summed E-state index contributed by atoms with van der Waals surface area (Å²) >= 11 is 0. The first kappa shape index (κ1) is 21.1. The van der Waals surface area contributed by atoms with Crippen molar-refractivity contribution in [3.05, 3.63) is 63.8 Å². The molecule has 1 atom stereocenters. The maximum Gasteiger partial charge on any atom is 0.433 e. The van der Waals surface area contributed by atoms with E-state index >= 15 is 0 Å². The lowest BCUT2D eigenvalue weighted by Gasteiger charge is -2.23. The van der Waals surface area contributed by atoms with Crippen LogP contribution in [0.4, 0.5) is 13.2 Å². The highest BCUT2D eigenvalue weighted by Gasteiger charge is 2.35. The van der Waals surface area contributed by atoms with Gasteiger partial charge in [0.25, 0.3) is 5.56 Å². The predicted molar refractivity (Wildman–Crippen MR) is 98.6 cm³/mol. The van der Waals surface area contributed by atoms with E-state index in [4.69, 9.17) is 0 Å². The van der Waals surface area contributed by atoms with Gasteiger partial charge in [0.2, 0.25) is 0 Å². The summed E-state index contributed by atoms with van der Waals surface area (Å²) in [5, 5.41) is 3.22. The van der Waals surface area contributed by atoms with Crippen molar-refractivity contribution in [3.63, 3.8) is 0 Å². The van der Waals surface area contributed by atoms with Crippen molar-refractivity contribution in [2.75, 3.05) is 27.2 Å². The first-order valence-corrected chi connectivity index (χ1v) is 8.83. The Hall–Kier alpha value is -2.19. The first-order chi connectivity index (χ1) is 12.7. The molecule has 0 aliphatic heterocycles. The smallest absolute Gasteiger partial charge is 0.308 e. The summed E-state index contributed by atoms with van der Waals surface area (Å²) in [5.41, 5.74) is -1.03. The molecule has 0 spiro atoms. The molecular weight excluding hydrogens is 357 g/mol. The third-order valence-electron chi connectivity index (χ3n) is 4.18. The van der Waals surface area contributed by atoms with Crippen molar-refractivity contribution in [2.45, 2.75) is 32.1 Å². The lowest BCUT2D eigenvalue weighted by Crippen LogP contribution is -2.36. The van der Waals surface area contributed by atoms with E-state index in [1.165, 1.54) is 4.57 Å². The van der Waals surface area contributed by atoms with Crippen LogP contribution in [-0.2, 0) is 12.7 Å². The van der Waals surface area contributed by atoms with Gasteiger partial charge in [-0.15, -0.1) is 0 Å². The Morgan fingerprint density at radius 2 is 1.89 bits per heavy atom. The van der Waals surface area contributed by atoms with E-state index in [-0.39, 0.29) is 12.4 Å². The second-order valence-electron chi connectivity index (χ2n) is 6.63. The Labute approximate surface area is 156 Å². The van der Waals surface area contributed by atoms with Gasteiger partial charge in [0.1, 0.15) is 5.82 Å². The third kappa shape index (κ3) is 5.90. The summed E-state index contributed by atoms with van der Waals surface area (Å²) in [5.74, 6) is 0.111. The van der Waals surface area contributed by atoms with Crippen molar-refractivity contribution in [1.29, 1.82) is 0 Å². The van der Waals surface area contributed by atoms with Crippen LogP contribution in [0.15, 0.2) is 41.2 Å². The van der Waals surface area contributed by atoms with E-state index in [1.54, 1.807) is 0 Å². The molecule has 0 bridgehead atoms. The largest absolute Gasteiger partial charge is 0.433 e. The SMILES string of the molecule is CCC(NCCN(C)C)c1nc(C(F)(F)F)cc(=O)n1Cc1ccccc1. The normalized spacial score (nSPS) is 13.1. The van der Waals surface area contributed by atoms with Crippen LogP contribution in [0.1, 0.15) is 36.5 Å². The van der Waals surface area contributed by atoms with Crippen molar-refractivity contribution in [1.82, 2.24) is 19.8 Å². The van der Waals surface area contributed by atoms with Crippen LogP contribution in [0.25, 0.3) is 0 Å². The molecule has 0 aliphatic carbocycles. The fourth-order valence-electron chi connectivity index (χ4n) is 2.74. The Bertz CT molecular complexity index is 788. The molecule has 2 aromatic rings. The molecule has 27 heavy (non-hydrogen) atoms. The summed E-state index contributed by atoms with van der Waals surface area (Å²) in [6.45, 7) is 3.32. The molecule has 1 heterocycles. The molecule has 0 amide bonds. The van der Waals surface area contributed by atoms with Gasteiger partial charge in [-0.3, -0.25) is 9.36 Å². The second kappa shape index (κ2) is 9.14. The Balaban J connectivity index is 2.45. The zero-order valence-corrected chi connectivity index (χ0v) is 15.8. The molecule has 0 fully saturated rings. The van der Waals surface area contributed by atoms with Crippen molar-refractivity contribution in [3.8, 4) is 0 Å². The number of alkyl halides is 3. The minimum absolute atomic E-state index is 0.111. The molecule has 1 unspecified atom stereocenters. The Morgan fingerprint density at radius 1 is 1.22 bits per heavy atom. The van der Waals surface area contributed by atoms with Gasteiger partial charge >= 0.3 is 6.18 Å². The van der Waals surface area contributed by atoms with E-state index in [9.17, 15) is 18.0 Å². The van der Waals surface area contributed by atoms with Gasteiger partial charge < -0.3 is 10.2 Å². The molecule has 0 saturated carbocycles. The summed E-state index contributed by atoms with van der Waals surface area (Å²) < 4.78 is 40.9. The molecule has 2 rings (SSSR count). The van der Waals surface area contributed by atoms with E-state index in [0.29, 0.717) is 19.0 Å². The topological polar surface area (TPSA) is 50.2 Å². The van der Waals surface area contributed by atoms with E-state index in [1.807, 2.05) is 56.3 Å². The number of halogens is 3. The van der Waals surface area contributed by atoms with E-state index < -0.39 is 23.5 Å². The third-order valence-corrected chi connectivity index (χ3v) is 4.18. The van der Waals surface area contributed by atoms with Gasteiger partial charge in [-0.05, 0) is 26.1 Å². The number of aromatic nitrogens is 2. The molecule has 5 nitrogen and oxygen atoms in total. The number of hydrogen-bond donors (Lipinski definition) is 1. The number of hydrogen-bond acceptors (Lipinski definition) is 4. The predicted octanol–water partition coefficient (Wildman–Crippen LogP) is 2.91. The fraction of sp³-hybridized carbons (Fsp3) is 0.474. The number of rotatable bonds is 8. The highest BCUT2D eigenvalue weighted by atomic mass is 19.4. The summed E-state index contributed by atoms with van der Waals surface area (Å²) in [7, 11) is 3.83. The minimum Gasteiger partial charge on any atom is -0.308 e. The molecule has 1 aromatic heterocycles. The monoisotopic (exact) mass is 382 g/mol. The first-order valence-electron chi connectivity index (χ1n) is 8.83. The molecular formula is C19H25F3N4O. The number of benzene rings is 1. The number of nitrogens with one attached hydrogen (secondary N) is 1. The maximum absolute atomic E-state index is 13.2. The second-order valence-corrected chi connectivity index (χ2v) is 6.63. The minimum atomic E-state index is -4.67. The van der Waals surface area contributed by atoms with E-state index in [2.05, 4.69) is 10.3 Å². The van der Waals surface area contributed by atoms with Crippen molar-refractivity contribution < 1.29 is 13.2 Å². The Kier molecular flexibility index (Phi) is 7.15. The molecule has 8 heteroatoms. The fourth-order valence-corrected chi connectivity index (χ4v) is 2.74. The molecule has 1 N–H and O–H groups in total. The van der Waals surface area contributed by atoms with Gasteiger partial charge in [0.05, 0.1) is 12.6 Å². The van der Waals surface area contributed by atoms with Gasteiger partial charge in [0.15, 0.2) is 5.69 Å². The van der Waals surface area contributed by atoms with Gasteiger partial charge in [-0.1, -0.05) is 37.3 Å². The highest BCUT2D eigenvalue weighted by molar-refractivity contribution is 5.18. The molecule has 0 radical (unpaired) electrons. The van der Waals surface area contributed by atoms with Gasteiger partial charge in [-0.25, -0.2) is 4.98 Å². The lowest BCUT2D eigenvalue weighted by atomic mass is 10.1. The number of likely N-dealkylation sites (N-methyl/N-ethyl adjacent to an activating group) is 1. The quantitative estimate of drug-likeness (QED) is 0.763. The summed E-state index contributed by atoms with van der Waals surface area (Å²) in [4.78, 5) is 18.3. The molecule has 0 aliphatic rings. The maximum atomic E-state index is 13.2. The van der Waals surface area contributed by atoms with Crippen LogP contribution in [0.5, 0.6) is 0 Å².